The van der Waals surface area contributed by atoms with Crippen LogP contribution in [0.1, 0.15) is 30.1 Å². The van der Waals surface area contributed by atoms with Gasteiger partial charge in [-0.05, 0) is 41.7 Å². The molecule has 3 aromatic carbocycles. The van der Waals surface area contributed by atoms with E-state index in [1.807, 2.05) is 66.7 Å². The van der Waals surface area contributed by atoms with Gasteiger partial charge < -0.3 is 9.84 Å². The Morgan fingerprint density at radius 3 is 2.20 bits per heavy atom. The van der Waals surface area contributed by atoms with Gasteiger partial charge in [-0.1, -0.05) is 84.8 Å². The zero-order valence-electron chi connectivity index (χ0n) is 21.3. The average Bonchev–Trinajstić information content (AvgIpc) is 3.74. The number of carbonyl (C=O) groups is 2. The first kappa shape index (κ1) is 24.9. The Bertz CT molecular complexity index is 1750. The fraction of sp³-hybridized carbons (Fsp3) is 0.125. The van der Waals surface area contributed by atoms with E-state index in [1.165, 1.54) is 4.52 Å². The molecular weight excluding hydrogens is 504 g/mol. The van der Waals surface area contributed by atoms with E-state index in [0.717, 1.165) is 22.3 Å². The Hall–Kier alpha value is -5.42. The van der Waals surface area contributed by atoms with Crippen LogP contribution in [-0.4, -0.2) is 31.8 Å². The molecule has 1 unspecified atom stereocenters. The quantitative estimate of drug-likeness (QED) is 0.247. The third-order valence-corrected chi connectivity index (χ3v) is 7.18. The molecule has 40 heavy (non-hydrogen) atoms. The smallest absolute Gasteiger partial charge is 0.414 e. The molecule has 2 aromatic heterocycles. The largest absolute Gasteiger partial charge is 0.481 e. The van der Waals surface area contributed by atoms with Crippen molar-refractivity contribution in [1.29, 1.82) is 0 Å². The SMILES string of the molecule is C#CC(OC(=O)Nc1c(-c2ccc(-c3ccc(C4(C(=O)O)CC4)cc3)cc2)nc2cccnn12)c1ccccc1. The van der Waals surface area contributed by atoms with Crippen molar-refractivity contribution in [1.82, 2.24) is 14.6 Å². The standard InChI is InChI=1S/C32H24N4O4/c1-2-26(23-7-4-3-5-8-23)40-31(39)35-29-28(34-27-9-6-20-33-36(27)29)24-12-10-21(11-13-24)22-14-16-25(17-15-22)32(18-19-32)30(37)38/h1,3-17,20,26H,18-19H2,(H,35,39)(H,37,38). The summed E-state index contributed by atoms with van der Waals surface area (Å²) >= 11 is 0. The van der Waals surface area contributed by atoms with E-state index in [1.54, 1.807) is 30.5 Å². The van der Waals surface area contributed by atoms with Crippen molar-refractivity contribution in [3.63, 3.8) is 0 Å². The van der Waals surface area contributed by atoms with Gasteiger partial charge in [0.2, 0.25) is 0 Å². The minimum atomic E-state index is -0.854. The van der Waals surface area contributed by atoms with E-state index in [2.05, 4.69) is 16.3 Å². The Labute approximate surface area is 230 Å². The maximum Gasteiger partial charge on any atom is 0.414 e. The van der Waals surface area contributed by atoms with E-state index in [-0.39, 0.29) is 0 Å². The van der Waals surface area contributed by atoms with Gasteiger partial charge in [0, 0.05) is 17.3 Å². The Morgan fingerprint density at radius 2 is 1.57 bits per heavy atom. The summed E-state index contributed by atoms with van der Waals surface area (Å²) in [7, 11) is 0. The summed E-state index contributed by atoms with van der Waals surface area (Å²) in [5, 5.41) is 16.7. The predicted octanol–water partition coefficient (Wildman–Crippen LogP) is 6.10. The van der Waals surface area contributed by atoms with Gasteiger partial charge in [0.05, 0.1) is 5.41 Å². The molecule has 0 aliphatic heterocycles. The molecule has 2 heterocycles. The van der Waals surface area contributed by atoms with E-state index >= 15 is 0 Å². The van der Waals surface area contributed by atoms with Gasteiger partial charge >= 0.3 is 12.1 Å². The highest BCUT2D eigenvalue weighted by atomic mass is 16.6. The van der Waals surface area contributed by atoms with Crippen LogP contribution in [0.2, 0.25) is 0 Å². The molecule has 6 rings (SSSR count). The lowest BCUT2D eigenvalue weighted by Crippen LogP contribution is -2.19. The minimum Gasteiger partial charge on any atom is -0.481 e. The Morgan fingerprint density at radius 1 is 0.925 bits per heavy atom. The molecule has 0 bridgehead atoms. The number of fused-ring (bicyclic) bond motifs is 1. The highest BCUT2D eigenvalue weighted by Crippen LogP contribution is 2.48. The molecule has 1 amide bonds. The molecule has 1 aliphatic carbocycles. The number of aromatic nitrogens is 3. The molecule has 0 radical (unpaired) electrons. The summed E-state index contributed by atoms with van der Waals surface area (Å²) in [6, 6.07) is 28.1. The molecule has 1 atom stereocenters. The third-order valence-electron chi connectivity index (χ3n) is 7.18. The lowest BCUT2D eigenvalue weighted by molar-refractivity contribution is -0.140. The van der Waals surface area contributed by atoms with E-state index in [0.29, 0.717) is 35.6 Å². The molecule has 1 aliphatic rings. The number of nitrogens with one attached hydrogen (secondary N) is 1. The number of hydrogen-bond donors (Lipinski definition) is 2. The molecule has 2 N–H and O–H groups in total. The molecular formula is C32H24N4O4. The highest BCUT2D eigenvalue weighted by molar-refractivity contribution is 5.91. The van der Waals surface area contributed by atoms with Crippen molar-refractivity contribution in [2.45, 2.75) is 24.4 Å². The average molecular weight is 529 g/mol. The number of ether oxygens (including phenoxy) is 1. The summed E-state index contributed by atoms with van der Waals surface area (Å²) in [6.07, 6.45) is 7.00. The van der Waals surface area contributed by atoms with Crippen LogP contribution in [0, 0.1) is 12.3 Å². The summed E-state index contributed by atoms with van der Waals surface area (Å²) in [5.41, 5.74) is 4.56. The van der Waals surface area contributed by atoms with E-state index in [9.17, 15) is 14.7 Å². The lowest BCUT2D eigenvalue weighted by atomic mass is 9.93. The Balaban J connectivity index is 1.26. The van der Waals surface area contributed by atoms with Gasteiger partial charge in [0.1, 0.15) is 5.69 Å². The number of anilines is 1. The number of carboxylic acids is 1. The molecule has 1 saturated carbocycles. The number of rotatable bonds is 7. The minimum absolute atomic E-state index is 0.352. The van der Waals surface area contributed by atoms with Gasteiger partial charge in [0.15, 0.2) is 17.6 Å². The topological polar surface area (TPSA) is 106 Å². The van der Waals surface area contributed by atoms with Crippen LogP contribution in [-0.2, 0) is 14.9 Å². The maximum atomic E-state index is 12.9. The van der Waals surface area contributed by atoms with Gasteiger partial charge in [-0.3, -0.25) is 10.1 Å². The highest BCUT2D eigenvalue weighted by Gasteiger charge is 2.51. The van der Waals surface area contributed by atoms with Crippen molar-refractivity contribution >= 4 is 23.5 Å². The second-order valence-electron chi connectivity index (χ2n) is 9.63. The predicted molar refractivity (Wildman–Crippen MR) is 151 cm³/mol. The monoisotopic (exact) mass is 528 g/mol. The fourth-order valence-electron chi connectivity index (χ4n) is 4.81. The number of amides is 1. The second kappa shape index (κ2) is 10.0. The maximum absolute atomic E-state index is 12.9. The van der Waals surface area contributed by atoms with Crippen molar-refractivity contribution in [2.75, 3.05) is 5.32 Å². The molecule has 196 valence electrons. The first-order valence-corrected chi connectivity index (χ1v) is 12.8. The van der Waals surface area contributed by atoms with Crippen molar-refractivity contribution < 1.29 is 19.4 Å². The van der Waals surface area contributed by atoms with Crippen LogP contribution in [0.4, 0.5) is 10.6 Å². The molecule has 8 heteroatoms. The summed E-state index contributed by atoms with van der Waals surface area (Å²) < 4.78 is 7.07. The van der Waals surface area contributed by atoms with Crippen LogP contribution in [0.3, 0.4) is 0 Å². The van der Waals surface area contributed by atoms with Gasteiger partial charge in [0.25, 0.3) is 0 Å². The molecule has 0 saturated heterocycles. The van der Waals surface area contributed by atoms with Crippen LogP contribution in [0.25, 0.3) is 28.0 Å². The number of aliphatic carboxylic acids is 1. The normalized spacial score (nSPS) is 14.2. The molecule has 8 nitrogen and oxygen atoms in total. The van der Waals surface area contributed by atoms with E-state index < -0.39 is 23.6 Å². The first-order chi connectivity index (χ1) is 19.5. The number of nitrogens with zero attached hydrogens (tertiary/aromatic N) is 3. The molecule has 0 spiro atoms. The summed E-state index contributed by atoms with van der Waals surface area (Å²) in [5.74, 6) is 2.09. The van der Waals surface area contributed by atoms with Crippen LogP contribution in [0.15, 0.2) is 97.2 Å². The van der Waals surface area contributed by atoms with Crippen molar-refractivity contribution in [3.8, 4) is 34.7 Å². The van der Waals surface area contributed by atoms with Crippen LogP contribution in [0.5, 0.6) is 0 Å². The number of carbonyl (C=O) groups excluding carboxylic acids is 1. The molecule has 5 aromatic rings. The fourth-order valence-corrected chi connectivity index (χ4v) is 4.81. The zero-order chi connectivity index (χ0) is 27.7. The van der Waals surface area contributed by atoms with Crippen LogP contribution < -0.4 is 5.32 Å². The first-order valence-electron chi connectivity index (χ1n) is 12.8. The van der Waals surface area contributed by atoms with Crippen molar-refractivity contribution in [2.24, 2.45) is 0 Å². The number of benzene rings is 3. The number of carboxylic acid groups (broad SMARTS) is 1. The molecule has 1 fully saturated rings. The van der Waals surface area contributed by atoms with Crippen LogP contribution >= 0.6 is 0 Å². The van der Waals surface area contributed by atoms with Gasteiger partial charge in [-0.2, -0.15) is 9.61 Å². The van der Waals surface area contributed by atoms with E-state index in [4.69, 9.17) is 16.1 Å². The van der Waals surface area contributed by atoms with Crippen molar-refractivity contribution in [3.05, 3.63) is 108 Å². The number of terminal acetylenes is 1. The zero-order valence-corrected chi connectivity index (χ0v) is 21.3. The second-order valence-corrected chi connectivity index (χ2v) is 9.63. The van der Waals surface area contributed by atoms with Gasteiger partial charge in [-0.25, -0.2) is 9.78 Å². The van der Waals surface area contributed by atoms with Gasteiger partial charge in [-0.15, -0.1) is 6.42 Å². The number of hydrogen-bond acceptors (Lipinski definition) is 5. The summed E-state index contributed by atoms with van der Waals surface area (Å²) in [4.78, 5) is 29.3. The number of imidazole rings is 1. The third kappa shape index (κ3) is 4.54. The Kier molecular flexibility index (Phi) is 6.25. The summed E-state index contributed by atoms with van der Waals surface area (Å²) in [6.45, 7) is 0. The lowest BCUT2D eigenvalue weighted by Gasteiger charge is -2.14.